The lowest BCUT2D eigenvalue weighted by Crippen LogP contribution is -2.53. The molecule has 4 nitrogen and oxygen atoms in total. The molecule has 6 heteroatoms. The molecule has 114 valence electrons. The fraction of sp³-hybridized carbons (Fsp3) is 0.571. The Balaban J connectivity index is 0.00000200. The summed E-state index contributed by atoms with van der Waals surface area (Å²) in [6.07, 6.45) is 0.706. The summed E-state index contributed by atoms with van der Waals surface area (Å²) in [6, 6.07) is 7.05. The molecule has 0 aromatic heterocycles. The van der Waals surface area contributed by atoms with Crippen molar-refractivity contribution in [3.63, 3.8) is 0 Å². The molecule has 1 aromatic carbocycles. The number of halogens is 1. The van der Waals surface area contributed by atoms with Crippen LogP contribution in [-0.2, 0) is 10.0 Å². The van der Waals surface area contributed by atoms with E-state index in [0.717, 1.165) is 5.56 Å². The van der Waals surface area contributed by atoms with E-state index in [1.807, 2.05) is 32.9 Å². The van der Waals surface area contributed by atoms with E-state index >= 15 is 0 Å². The van der Waals surface area contributed by atoms with Crippen molar-refractivity contribution in [2.75, 3.05) is 13.1 Å². The van der Waals surface area contributed by atoms with Gasteiger partial charge in [0.15, 0.2) is 0 Å². The van der Waals surface area contributed by atoms with Crippen LogP contribution in [0.15, 0.2) is 29.2 Å². The van der Waals surface area contributed by atoms with Crippen molar-refractivity contribution in [3.8, 4) is 0 Å². The van der Waals surface area contributed by atoms with Gasteiger partial charge in [0.1, 0.15) is 0 Å². The molecule has 1 saturated heterocycles. The second kappa shape index (κ2) is 6.02. The Hall–Kier alpha value is -0.620. The molecule has 0 spiro atoms. The van der Waals surface area contributed by atoms with E-state index < -0.39 is 10.0 Å². The Bertz CT molecular complexity index is 555. The van der Waals surface area contributed by atoms with Crippen molar-refractivity contribution >= 4 is 22.4 Å². The number of aryl methyl sites for hydroxylation is 1. The SMILES string of the molecule is Cc1ccc(S(=O)(=O)N2CCC(N)C(C)(C)C2)cc1.Cl. The number of hydrogen-bond acceptors (Lipinski definition) is 3. The third kappa shape index (κ3) is 3.34. The first-order chi connectivity index (χ1) is 8.73. The summed E-state index contributed by atoms with van der Waals surface area (Å²) in [5, 5.41) is 0. The summed E-state index contributed by atoms with van der Waals surface area (Å²) in [5.41, 5.74) is 6.93. The molecule has 0 aliphatic carbocycles. The lowest BCUT2D eigenvalue weighted by Gasteiger charge is -2.41. The second-order valence-electron chi connectivity index (χ2n) is 6.04. The molecular weight excluding hydrogens is 296 g/mol. The lowest BCUT2D eigenvalue weighted by atomic mass is 9.81. The predicted molar refractivity (Wildman–Crippen MR) is 83.6 cm³/mol. The van der Waals surface area contributed by atoms with E-state index in [0.29, 0.717) is 24.4 Å². The first kappa shape index (κ1) is 17.4. The maximum Gasteiger partial charge on any atom is 0.243 e. The van der Waals surface area contributed by atoms with Gasteiger partial charge in [-0.2, -0.15) is 4.31 Å². The van der Waals surface area contributed by atoms with Gasteiger partial charge in [-0.05, 0) is 30.9 Å². The van der Waals surface area contributed by atoms with Gasteiger partial charge in [0.05, 0.1) is 4.90 Å². The topological polar surface area (TPSA) is 63.4 Å². The Labute approximate surface area is 127 Å². The van der Waals surface area contributed by atoms with Gasteiger partial charge in [-0.1, -0.05) is 31.5 Å². The average Bonchev–Trinajstić information content (AvgIpc) is 2.33. The van der Waals surface area contributed by atoms with Crippen LogP contribution in [0.4, 0.5) is 0 Å². The van der Waals surface area contributed by atoms with Gasteiger partial charge >= 0.3 is 0 Å². The van der Waals surface area contributed by atoms with Crippen LogP contribution < -0.4 is 5.73 Å². The molecule has 2 N–H and O–H groups in total. The summed E-state index contributed by atoms with van der Waals surface area (Å²) >= 11 is 0. The number of rotatable bonds is 2. The number of hydrogen-bond donors (Lipinski definition) is 1. The molecular formula is C14H23ClN2O2S. The monoisotopic (exact) mass is 318 g/mol. The summed E-state index contributed by atoms with van der Waals surface area (Å²) in [5.74, 6) is 0. The zero-order chi connectivity index (χ0) is 14.3. The van der Waals surface area contributed by atoms with Crippen molar-refractivity contribution < 1.29 is 8.42 Å². The van der Waals surface area contributed by atoms with Crippen molar-refractivity contribution in [3.05, 3.63) is 29.8 Å². The van der Waals surface area contributed by atoms with Crippen molar-refractivity contribution in [1.29, 1.82) is 0 Å². The summed E-state index contributed by atoms with van der Waals surface area (Å²) in [6.45, 7) is 6.97. The maximum atomic E-state index is 12.6. The van der Waals surface area contributed by atoms with Crippen LogP contribution in [0.3, 0.4) is 0 Å². The van der Waals surface area contributed by atoms with E-state index in [1.165, 1.54) is 0 Å². The number of piperidine rings is 1. The van der Waals surface area contributed by atoms with E-state index in [1.54, 1.807) is 16.4 Å². The third-order valence-electron chi connectivity index (χ3n) is 3.94. The molecule has 1 aliphatic heterocycles. The highest BCUT2D eigenvalue weighted by atomic mass is 35.5. The molecule has 0 amide bonds. The molecule has 1 heterocycles. The number of nitrogens with zero attached hydrogens (tertiary/aromatic N) is 1. The Kier molecular flexibility index (Phi) is 5.24. The normalized spacial score (nSPS) is 23.1. The molecule has 0 saturated carbocycles. The fourth-order valence-corrected chi connectivity index (χ4v) is 4.02. The van der Waals surface area contributed by atoms with Gasteiger partial charge in [-0.15, -0.1) is 12.4 Å². The zero-order valence-corrected chi connectivity index (χ0v) is 13.8. The number of sulfonamides is 1. The van der Waals surface area contributed by atoms with Gasteiger partial charge in [0.2, 0.25) is 10.0 Å². The minimum atomic E-state index is -3.40. The van der Waals surface area contributed by atoms with Crippen LogP contribution in [0.5, 0.6) is 0 Å². The fourth-order valence-electron chi connectivity index (χ4n) is 2.39. The molecule has 2 rings (SSSR count). The van der Waals surface area contributed by atoms with Gasteiger partial charge in [-0.25, -0.2) is 8.42 Å². The Morgan fingerprint density at radius 2 is 1.80 bits per heavy atom. The molecule has 0 bridgehead atoms. The summed E-state index contributed by atoms with van der Waals surface area (Å²) in [4.78, 5) is 0.365. The molecule has 1 aromatic rings. The largest absolute Gasteiger partial charge is 0.327 e. The van der Waals surface area contributed by atoms with Crippen LogP contribution in [0, 0.1) is 12.3 Å². The number of benzene rings is 1. The van der Waals surface area contributed by atoms with Crippen LogP contribution in [0.25, 0.3) is 0 Å². The maximum absolute atomic E-state index is 12.6. The molecule has 1 aliphatic rings. The van der Waals surface area contributed by atoms with Crippen LogP contribution in [-0.4, -0.2) is 31.9 Å². The van der Waals surface area contributed by atoms with E-state index in [4.69, 9.17) is 5.73 Å². The van der Waals surface area contributed by atoms with E-state index in [2.05, 4.69) is 0 Å². The summed E-state index contributed by atoms with van der Waals surface area (Å²) in [7, 11) is -3.40. The minimum absolute atomic E-state index is 0. The lowest BCUT2D eigenvalue weighted by molar-refractivity contribution is 0.155. The van der Waals surface area contributed by atoms with Gasteiger partial charge in [0, 0.05) is 19.1 Å². The number of nitrogens with two attached hydrogens (primary N) is 1. The van der Waals surface area contributed by atoms with Crippen LogP contribution in [0.1, 0.15) is 25.8 Å². The van der Waals surface area contributed by atoms with Crippen molar-refractivity contribution in [1.82, 2.24) is 4.31 Å². The molecule has 1 unspecified atom stereocenters. The Morgan fingerprint density at radius 3 is 2.30 bits per heavy atom. The third-order valence-corrected chi connectivity index (χ3v) is 5.80. The second-order valence-corrected chi connectivity index (χ2v) is 7.97. The summed E-state index contributed by atoms with van der Waals surface area (Å²) < 4.78 is 26.7. The highest BCUT2D eigenvalue weighted by Gasteiger charge is 2.38. The standard InChI is InChI=1S/C14H22N2O2S.ClH/c1-11-4-6-12(7-5-11)19(17,18)16-9-8-13(15)14(2,3)10-16;/h4-7,13H,8-10,15H2,1-3H3;1H. The van der Waals surface area contributed by atoms with Crippen LogP contribution in [0.2, 0.25) is 0 Å². The Morgan fingerprint density at radius 1 is 1.25 bits per heavy atom. The van der Waals surface area contributed by atoms with E-state index in [-0.39, 0.29) is 23.9 Å². The van der Waals surface area contributed by atoms with Crippen molar-refractivity contribution in [2.45, 2.75) is 38.1 Å². The van der Waals surface area contributed by atoms with Gasteiger partial charge in [-0.3, -0.25) is 0 Å². The van der Waals surface area contributed by atoms with Crippen LogP contribution >= 0.6 is 12.4 Å². The van der Waals surface area contributed by atoms with E-state index in [9.17, 15) is 8.42 Å². The van der Waals surface area contributed by atoms with Crippen molar-refractivity contribution in [2.24, 2.45) is 11.1 Å². The molecule has 1 fully saturated rings. The highest BCUT2D eigenvalue weighted by Crippen LogP contribution is 2.31. The molecule has 20 heavy (non-hydrogen) atoms. The average molecular weight is 319 g/mol. The quantitative estimate of drug-likeness (QED) is 0.909. The van der Waals surface area contributed by atoms with Gasteiger partial charge < -0.3 is 5.73 Å². The zero-order valence-electron chi connectivity index (χ0n) is 12.2. The minimum Gasteiger partial charge on any atom is -0.327 e. The predicted octanol–water partition coefficient (Wildman–Crippen LogP) is 2.16. The highest BCUT2D eigenvalue weighted by molar-refractivity contribution is 7.89. The first-order valence-corrected chi connectivity index (χ1v) is 8.00. The van der Waals surface area contributed by atoms with Gasteiger partial charge in [0.25, 0.3) is 0 Å². The molecule has 1 atom stereocenters. The smallest absolute Gasteiger partial charge is 0.243 e. The first-order valence-electron chi connectivity index (χ1n) is 6.56. The molecule has 0 radical (unpaired) electrons.